The van der Waals surface area contributed by atoms with Crippen molar-refractivity contribution in [2.45, 2.75) is 31.6 Å². The fraction of sp³-hybridized carbons (Fsp3) is 0.467. The Balaban J connectivity index is 1.99. The van der Waals surface area contributed by atoms with Crippen LogP contribution in [0.25, 0.3) is 0 Å². The Bertz CT molecular complexity index is 647. The predicted octanol–water partition coefficient (Wildman–Crippen LogP) is 3.13. The van der Waals surface area contributed by atoms with Gasteiger partial charge in [0.2, 0.25) is 0 Å². The second-order valence-electron chi connectivity index (χ2n) is 5.77. The van der Waals surface area contributed by atoms with Crippen molar-refractivity contribution in [2.24, 2.45) is 5.92 Å². The van der Waals surface area contributed by atoms with Crippen LogP contribution in [0.4, 0.5) is 13.2 Å². The van der Waals surface area contributed by atoms with Gasteiger partial charge in [-0.3, -0.25) is 9.78 Å². The van der Waals surface area contributed by atoms with Crippen LogP contribution in [0.5, 0.6) is 0 Å². The first-order valence-electron chi connectivity index (χ1n) is 7.23. The predicted molar refractivity (Wildman–Crippen MR) is 81.4 cm³/mol. The zero-order chi connectivity index (χ0) is 16.8. The molecule has 0 amide bonds. The van der Waals surface area contributed by atoms with Crippen LogP contribution >= 0.6 is 16.1 Å². The Labute approximate surface area is 140 Å². The maximum absolute atomic E-state index is 12.9. The Morgan fingerprint density at radius 3 is 2.78 bits per heavy atom. The van der Waals surface area contributed by atoms with E-state index >= 15 is 0 Å². The first-order chi connectivity index (χ1) is 10.8. The highest BCUT2D eigenvalue weighted by molar-refractivity contribution is 9.07. The SMILES string of the molecule is CC1C2=C(C(=O)C(c3ccccn3)N1Br)C(CC(F)(F)F)CN2. The van der Waals surface area contributed by atoms with Crippen molar-refractivity contribution < 1.29 is 18.0 Å². The Hall–Kier alpha value is -1.41. The minimum Gasteiger partial charge on any atom is -0.386 e. The molecule has 0 bridgehead atoms. The Kier molecular flexibility index (Phi) is 4.22. The number of rotatable bonds is 2. The molecular weight excluding hydrogens is 375 g/mol. The molecule has 0 aromatic carbocycles. The van der Waals surface area contributed by atoms with Gasteiger partial charge in [0.25, 0.3) is 0 Å². The van der Waals surface area contributed by atoms with Crippen LogP contribution in [-0.2, 0) is 4.79 Å². The quantitative estimate of drug-likeness (QED) is 0.789. The van der Waals surface area contributed by atoms with Crippen molar-refractivity contribution in [3.05, 3.63) is 41.4 Å². The summed E-state index contributed by atoms with van der Waals surface area (Å²) in [7, 11) is 0. The van der Waals surface area contributed by atoms with Gasteiger partial charge in [-0.1, -0.05) is 6.07 Å². The molecular formula is C15H15BrF3N3O. The van der Waals surface area contributed by atoms with E-state index in [1.807, 2.05) is 6.92 Å². The van der Waals surface area contributed by atoms with Crippen molar-refractivity contribution >= 4 is 21.9 Å². The molecule has 124 valence electrons. The highest BCUT2D eigenvalue weighted by Gasteiger charge is 2.48. The average molecular weight is 390 g/mol. The Morgan fingerprint density at radius 2 is 2.17 bits per heavy atom. The molecule has 4 nitrogen and oxygen atoms in total. The lowest BCUT2D eigenvalue weighted by molar-refractivity contribution is -0.142. The van der Waals surface area contributed by atoms with Gasteiger partial charge >= 0.3 is 6.18 Å². The summed E-state index contributed by atoms with van der Waals surface area (Å²) in [5.74, 6) is -1.17. The van der Waals surface area contributed by atoms with Crippen LogP contribution in [0, 0.1) is 5.92 Å². The summed E-state index contributed by atoms with van der Waals surface area (Å²) >= 11 is 3.39. The van der Waals surface area contributed by atoms with Crippen molar-refractivity contribution in [3.8, 4) is 0 Å². The van der Waals surface area contributed by atoms with Gasteiger partial charge in [0.1, 0.15) is 6.04 Å². The largest absolute Gasteiger partial charge is 0.389 e. The molecule has 1 aromatic heterocycles. The summed E-state index contributed by atoms with van der Waals surface area (Å²) in [6.07, 6.45) is -3.73. The second kappa shape index (κ2) is 5.90. The Morgan fingerprint density at radius 1 is 1.43 bits per heavy atom. The number of halogens is 4. The molecule has 3 atom stereocenters. The summed E-state index contributed by atoms with van der Waals surface area (Å²) in [5, 5.41) is 2.98. The molecule has 3 heterocycles. The fourth-order valence-corrected chi connectivity index (χ4v) is 3.82. The van der Waals surface area contributed by atoms with Gasteiger partial charge in [0.05, 0.1) is 18.2 Å². The average Bonchev–Trinajstić information content (AvgIpc) is 2.88. The van der Waals surface area contributed by atoms with E-state index in [2.05, 4.69) is 26.4 Å². The number of nitrogens with one attached hydrogen (secondary N) is 1. The van der Waals surface area contributed by atoms with E-state index in [-0.39, 0.29) is 23.9 Å². The lowest BCUT2D eigenvalue weighted by Crippen LogP contribution is -2.42. The van der Waals surface area contributed by atoms with Crippen LogP contribution in [0.1, 0.15) is 25.1 Å². The monoisotopic (exact) mass is 389 g/mol. The molecule has 0 spiro atoms. The molecule has 1 aromatic rings. The van der Waals surface area contributed by atoms with Gasteiger partial charge < -0.3 is 5.32 Å². The molecule has 0 saturated heterocycles. The molecule has 0 saturated carbocycles. The summed E-state index contributed by atoms with van der Waals surface area (Å²) in [5.41, 5.74) is 1.36. The van der Waals surface area contributed by atoms with Crippen molar-refractivity contribution in [2.75, 3.05) is 6.54 Å². The number of nitrogens with zero attached hydrogens (tertiary/aromatic N) is 2. The maximum Gasteiger partial charge on any atom is 0.389 e. The van der Waals surface area contributed by atoms with Crippen LogP contribution in [0.15, 0.2) is 35.7 Å². The van der Waals surface area contributed by atoms with E-state index in [9.17, 15) is 18.0 Å². The van der Waals surface area contributed by atoms with E-state index in [1.165, 1.54) is 0 Å². The highest BCUT2D eigenvalue weighted by Crippen LogP contribution is 2.43. The van der Waals surface area contributed by atoms with Gasteiger partial charge in [0.15, 0.2) is 5.78 Å². The number of Topliss-reactive ketones (excluding diaryl/α,β-unsaturated/α-hetero) is 1. The highest BCUT2D eigenvalue weighted by atomic mass is 79.9. The fourth-order valence-electron chi connectivity index (χ4n) is 3.22. The first kappa shape index (κ1) is 16.4. The molecule has 0 aliphatic carbocycles. The van der Waals surface area contributed by atoms with Crippen LogP contribution < -0.4 is 5.32 Å². The third-order valence-electron chi connectivity index (χ3n) is 4.23. The van der Waals surface area contributed by atoms with Crippen molar-refractivity contribution in [1.29, 1.82) is 0 Å². The van der Waals surface area contributed by atoms with E-state index in [0.29, 0.717) is 11.4 Å². The molecule has 23 heavy (non-hydrogen) atoms. The standard InChI is InChI=1S/C15H15BrF3N3O/c1-8-12-11(9(7-21-12)6-15(17,18)19)14(23)13(22(8)16)10-4-2-3-5-20-10/h2-5,8-9,13,21H,6-7H2,1H3. The molecule has 2 aliphatic heterocycles. The van der Waals surface area contributed by atoms with Crippen LogP contribution in [0.3, 0.4) is 0 Å². The van der Waals surface area contributed by atoms with Gasteiger partial charge in [-0.15, -0.1) is 0 Å². The van der Waals surface area contributed by atoms with Gasteiger partial charge in [-0.25, -0.2) is 3.93 Å². The van der Waals surface area contributed by atoms with Gasteiger partial charge in [-0.2, -0.15) is 13.2 Å². The minimum atomic E-state index is -4.30. The van der Waals surface area contributed by atoms with Gasteiger partial charge in [-0.05, 0) is 19.1 Å². The molecule has 3 rings (SSSR count). The summed E-state index contributed by atoms with van der Waals surface area (Å²) in [4.78, 5) is 17.1. The van der Waals surface area contributed by atoms with Crippen LogP contribution in [-0.4, -0.2) is 33.5 Å². The smallest absolute Gasteiger partial charge is 0.386 e. The second-order valence-corrected chi connectivity index (χ2v) is 6.59. The topological polar surface area (TPSA) is 45.2 Å². The van der Waals surface area contributed by atoms with Crippen molar-refractivity contribution in [3.63, 3.8) is 0 Å². The first-order valence-corrected chi connectivity index (χ1v) is 7.94. The molecule has 1 N–H and O–H groups in total. The molecule has 8 heteroatoms. The zero-order valence-electron chi connectivity index (χ0n) is 12.3. The maximum atomic E-state index is 12.9. The number of carbonyl (C=O) groups excluding carboxylic acids is 1. The number of hydrogen-bond acceptors (Lipinski definition) is 4. The van der Waals surface area contributed by atoms with Gasteiger partial charge in [0, 0.05) is 46.1 Å². The number of carbonyl (C=O) groups is 1. The lowest BCUT2D eigenvalue weighted by atomic mass is 9.85. The molecule has 2 aliphatic rings. The number of aromatic nitrogens is 1. The summed E-state index contributed by atoms with van der Waals surface area (Å²) in [6.45, 7) is 1.98. The third kappa shape index (κ3) is 3.01. The molecule has 0 fully saturated rings. The number of pyridine rings is 1. The van der Waals surface area contributed by atoms with E-state index < -0.39 is 24.6 Å². The zero-order valence-corrected chi connectivity index (χ0v) is 13.9. The number of alkyl halides is 3. The van der Waals surface area contributed by atoms with E-state index in [0.717, 1.165) is 0 Å². The number of hydrogen-bond donors (Lipinski definition) is 1. The van der Waals surface area contributed by atoms with E-state index in [1.54, 1.807) is 28.3 Å². The molecule has 3 unspecified atom stereocenters. The minimum absolute atomic E-state index is 0.135. The normalized spacial score (nSPS) is 28.7. The number of ketones is 1. The van der Waals surface area contributed by atoms with E-state index in [4.69, 9.17) is 0 Å². The lowest BCUT2D eigenvalue weighted by Gasteiger charge is -2.36. The van der Waals surface area contributed by atoms with Crippen LogP contribution in [0.2, 0.25) is 0 Å². The molecule has 0 radical (unpaired) electrons. The summed E-state index contributed by atoms with van der Waals surface area (Å²) in [6, 6.07) is 4.22. The van der Waals surface area contributed by atoms with Crippen molar-refractivity contribution in [1.82, 2.24) is 14.2 Å². The summed E-state index contributed by atoms with van der Waals surface area (Å²) < 4.78 is 40.0. The third-order valence-corrected chi connectivity index (χ3v) is 5.26.